The van der Waals surface area contributed by atoms with Gasteiger partial charge in [0, 0.05) is 23.6 Å². The Bertz CT molecular complexity index is 761. The molecule has 5 nitrogen and oxygen atoms in total. The minimum absolute atomic E-state index is 0.268. The van der Waals surface area contributed by atoms with Crippen LogP contribution in [0.15, 0.2) is 55.1 Å². The summed E-state index contributed by atoms with van der Waals surface area (Å²) in [6, 6.07) is 9.74. The zero-order valence-electron chi connectivity index (χ0n) is 11.0. The number of nitrogen functional groups attached to an aromatic ring is 1. The van der Waals surface area contributed by atoms with E-state index in [0.717, 1.165) is 5.56 Å². The molecule has 1 aromatic carbocycles. The van der Waals surface area contributed by atoms with Gasteiger partial charge in [-0.2, -0.15) is 0 Å². The van der Waals surface area contributed by atoms with Gasteiger partial charge < -0.3 is 11.1 Å². The summed E-state index contributed by atoms with van der Waals surface area (Å²) in [7, 11) is 0. The predicted octanol–water partition coefficient (Wildman–Crippen LogP) is 3.00. The van der Waals surface area contributed by atoms with Crippen LogP contribution < -0.4 is 11.1 Å². The zero-order valence-corrected chi connectivity index (χ0v) is 11.0. The minimum atomic E-state index is -0.400. The molecule has 0 spiro atoms. The summed E-state index contributed by atoms with van der Waals surface area (Å²) in [5.41, 5.74) is 7.87. The van der Waals surface area contributed by atoms with E-state index in [2.05, 4.69) is 20.3 Å². The third-order valence-electron chi connectivity index (χ3n) is 2.91. The second-order valence-corrected chi connectivity index (χ2v) is 4.36. The van der Waals surface area contributed by atoms with Crippen molar-refractivity contribution in [3.63, 3.8) is 0 Å². The van der Waals surface area contributed by atoms with Crippen molar-refractivity contribution < 1.29 is 4.39 Å². The number of rotatable bonds is 3. The van der Waals surface area contributed by atoms with E-state index in [9.17, 15) is 4.39 Å². The van der Waals surface area contributed by atoms with Crippen LogP contribution in [0.1, 0.15) is 0 Å². The van der Waals surface area contributed by atoms with Gasteiger partial charge in [-0.25, -0.2) is 19.3 Å². The van der Waals surface area contributed by atoms with E-state index in [-0.39, 0.29) is 5.69 Å². The van der Waals surface area contributed by atoms with Crippen LogP contribution in [0.25, 0.3) is 11.3 Å². The van der Waals surface area contributed by atoms with Gasteiger partial charge in [0.1, 0.15) is 18.0 Å². The molecule has 0 unspecified atom stereocenters. The van der Waals surface area contributed by atoms with Crippen LogP contribution >= 0.6 is 0 Å². The number of pyridine rings is 1. The summed E-state index contributed by atoms with van der Waals surface area (Å²) in [6.45, 7) is 0. The van der Waals surface area contributed by atoms with Gasteiger partial charge >= 0.3 is 0 Å². The van der Waals surface area contributed by atoms with Gasteiger partial charge in [-0.15, -0.1) is 0 Å². The van der Waals surface area contributed by atoms with Gasteiger partial charge in [-0.3, -0.25) is 0 Å². The molecule has 0 amide bonds. The quantitative estimate of drug-likeness (QED) is 0.722. The first-order chi connectivity index (χ1) is 10.2. The molecule has 104 valence electrons. The number of anilines is 3. The lowest BCUT2D eigenvalue weighted by molar-refractivity contribution is 0.632. The van der Waals surface area contributed by atoms with Crippen molar-refractivity contribution in [3.8, 4) is 11.3 Å². The highest BCUT2D eigenvalue weighted by Crippen LogP contribution is 2.28. The number of hydrogen-bond acceptors (Lipinski definition) is 5. The van der Waals surface area contributed by atoms with Gasteiger partial charge in [-0.1, -0.05) is 0 Å². The molecular weight excluding hydrogens is 269 g/mol. The largest absolute Gasteiger partial charge is 0.399 e. The fourth-order valence-corrected chi connectivity index (χ4v) is 1.93. The highest BCUT2D eigenvalue weighted by atomic mass is 19.1. The van der Waals surface area contributed by atoms with Crippen molar-refractivity contribution in [2.24, 2.45) is 0 Å². The number of nitrogens with two attached hydrogens (primary N) is 1. The van der Waals surface area contributed by atoms with Crippen LogP contribution in [0.4, 0.5) is 21.6 Å². The number of halogens is 1. The Morgan fingerprint density at radius 2 is 1.95 bits per heavy atom. The van der Waals surface area contributed by atoms with Crippen LogP contribution in [-0.4, -0.2) is 15.0 Å². The van der Waals surface area contributed by atoms with Gasteiger partial charge in [-0.05, 0) is 36.4 Å². The normalized spacial score (nSPS) is 10.3. The molecule has 21 heavy (non-hydrogen) atoms. The maximum absolute atomic E-state index is 13.8. The van der Waals surface area contributed by atoms with E-state index in [0.29, 0.717) is 17.2 Å². The molecule has 0 aliphatic rings. The van der Waals surface area contributed by atoms with Crippen LogP contribution in [0.3, 0.4) is 0 Å². The number of nitrogens with one attached hydrogen (secondary N) is 1. The van der Waals surface area contributed by atoms with Crippen molar-refractivity contribution >= 4 is 17.2 Å². The lowest BCUT2D eigenvalue weighted by atomic mass is 10.1. The number of nitrogens with zero attached hydrogens (tertiary/aromatic N) is 3. The molecule has 6 heteroatoms. The molecule has 0 saturated carbocycles. The standard InChI is InChI=1S/C15H12FN5/c16-12-4-3-10(17)8-14(12)21-15-11(2-1-6-19-15)13-5-7-18-9-20-13/h1-9H,17H2,(H,19,21). The zero-order chi connectivity index (χ0) is 14.7. The molecule has 2 heterocycles. The molecule has 0 saturated heterocycles. The van der Waals surface area contributed by atoms with Crippen LogP contribution in [0.5, 0.6) is 0 Å². The second-order valence-electron chi connectivity index (χ2n) is 4.36. The van der Waals surface area contributed by atoms with Crippen LogP contribution in [0.2, 0.25) is 0 Å². The Hall–Kier alpha value is -3.02. The van der Waals surface area contributed by atoms with Crippen LogP contribution in [-0.2, 0) is 0 Å². The fraction of sp³-hybridized carbons (Fsp3) is 0. The van der Waals surface area contributed by atoms with Gasteiger partial charge in [0.05, 0.1) is 11.4 Å². The molecule has 3 aromatic rings. The van der Waals surface area contributed by atoms with Gasteiger partial charge in [0.2, 0.25) is 0 Å². The molecule has 0 bridgehead atoms. The molecule has 3 rings (SSSR count). The summed E-state index contributed by atoms with van der Waals surface area (Å²) in [5, 5.41) is 2.95. The SMILES string of the molecule is Nc1ccc(F)c(Nc2ncccc2-c2ccncn2)c1. The van der Waals surface area contributed by atoms with Crippen molar-refractivity contribution in [3.05, 3.63) is 60.9 Å². The number of benzene rings is 1. The van der Waals surface area contributed by atoms with E-state index in [4.69, 9.17) is 5.73 Å². The van der Waals surface area contributed by atoms with Crippen molar-refractivity contribution in [1.82, 2.24) is 15.0 Å². The maximum atomic E-state index is 13.8. The van der Waals surface area contributed by atoms with Crippen molar-refractivity contribution in [2.75, 3.05) is 11.1 Å². The Morgan fingerprint density at radius 3 is 2.76 bits per heavy atom. The first-order valence-corrected chi connectivity index (χ1v) is 6.27. The Labute approximate surface area is 120 Å². The molecule has 3 N–H and O–H groups in total. The Morgan fingerprint density at radius 1 is 1.05 bits per heavy atom. The van der Waals surface area contributed by atoms with E-state index < -0.39 is 5.82 Å². The molecule has 0 aliphatic carbocycles. The minimum Gasteiger partial charge on any atom is -0.399 e. The summed E-state index contributed by atoms with van der Waals surface area (Å²) >= 11 is 0. The van der Waals surface area contributed by atoms with E-state index in [1.807, 2.05) is 6.07 Å². The van der Waals surface area contributed by atoms with Crippen molar-refractivity contribution in [2.45, 2.75) is 0 Å². The summed E-state index contributed by atoms with van der Waals surface area (Å²) in [4.78, 5) is 12.3. The molecule has 0 aliphatic heterocycles. The second kappa shape index (κ2) is 5.54. The molecule has 0 radical (unpaired) electrons. The topological polar surface area (TPSA) is 76.7 Å². The first kappa shape index (κ1) is 13.0. The highest BCUT2D eigenvalue weighted by molar-refractivity contribution is 5.76. The molecular formula is C15H12FN5. The summed E-state index contributed by atoms with van der Waals surface area (Å²) in [5.74, 6) is 0.101. The average molecular weight is 281 g/mol. The molecule has 0 fully saturated rings. The lowest BCUT2D eigenvalue weighted by Gasteiger charge is -2.11. The summed E-state index contributed by atoms with van der Waals surface area (Å²) < 4.78 is 13.8. The Kier molecular flexibility index (Phi) is 3.42. The Balaban J connectivity index is 2.02. The summed E-state index contributed by atoms with van der Waals surface area (Å²) in [6.07, 6.45) is 4.71. The maximum Gasteiger partial charge on any atom is 0.146 e. The van der Waals surface area contributed by atoms with E-state index >= 15 is 0 Å². The predicted molar refractivity (Wildman–Crippen MR) is 79.4 cm³/mol. The van der Waals surface area contributed by atoms with E-state index in [1.54, 1.807) is 24.5 Å². The van der Waals surface area contributed by atoms with Crippen LogP contribution in [0, 0.1) is 5.82 Å². The lowest BCUT2D eigenvalue weighted by Crippen LogP contribution is -2.00. The molecule has 2 aromatic heterocycles. The number of aromatic nitrogens is 3. The van der Waals surface area contributed by atoms with Gasteiger partial charge in [0.25, 0.3) is 0 Å². The fourth-order valence-electron chi connectivity index (χ4n) is 1.93. The van der Waals surface area contributed by atoms with Crippen molar-refractivity contribution in [1.29, 1.82) is 0 Å². The smallest absolute Gasteiger partial charge is 0.146 e. The van der Waals surface area contributed by atoms with E-state index in [1.165, 1.54) is 24.5 Å². The average Bonchev–Trinajstić information content (AvgIpc) is 2.52. The third-order valence-corrected chi connectivity index (χ3v) is 2.91. The highest BCUT2D eigenvalue weighted by Gasteiger charge is 2.10. The number of hydrogen-bond donors (Lipinski definition) is 2. The third kappa shape index (κ3) is 2.79. The van der Waals surface area contributed by atoms with Gasteiger partial charge in [0.15, 0.2) is 0 Å². The molecule has 0 atom stereocenters. The monoisotopic (exact) mass is 281 g/mol. The first-order valence-electron chi connectivity index (χ1n) is 6.27.